The van der Waals surface area contributed by atoms with Gasteiger partial charge in [0.15, 0.2) is 17.1 Å². The molecule has 0 spiro atoms. The molecule has 0 saturated carbocycles. The molecule has 0 fully saturated rings. The average Bonchev–Trinajstić information content (AvgIpc) is 3.49. The van der Waals surface area contributed by atoms with Gasteiger partial charge >= 0.3 is 0 Å². The van der Waals surface area contributed by atoms with Crippen LogP contribution < -0.4 is 14.4 Å². The lowest BCUT2D eigenvalue weighted by molar-refractivity contribution is 0.174. The summed E-state index contributed by atoms with van der Waals surface area (Å²) in [6.07, 6.45) is 3.67. The zero-order chi connectivity index (χ0) is 19.4. The third-order valence-electron chi connectivity index (χ3n) is 5.11. The van der Waals surface area contributed by atoms with Crippen molar-refractivity contribution in [2.45, 2.75) is 0 Å². The molecule has 3 aromatic heterocycles. The minimum atomic E-state index is 0.243. The van der Waals surface area contributed by atoms with Crippen LogP contribution in [0.2, 0.25) is 0 Å². The molecule has 142 valence electrons. The van der Waals surface area contributed by atoms with E-state index >= 15 is 0 Å². The molecule has 2 aromatic carbocycles. The van der Waals surface area contributed by atoms with Crippen LogP contribution in [0.4, 0.5) is 11.5 Å². The van der Waals surface area contributed by atoms with Gasteiger partial charge < -0.3 is 18.8 Å². The quantitative estimate of drug-likeness (QED) is 0.452. The Morgan fingerprint density at radius 3 is 2.83 bits per heavy atom. The Kier molecular flexibility index (Phi) is 3.31. The van der Waals surface area contributed by atoms with Crippen molar-refractivity contribution in [3.05, 3.63) is 67.0 Å². The van der Waals surface area contributed by atoms with Gasteiger partial charge in [0.1, 0.15) is 17.2 Å². The number of benzene rings is 2. The van der Waals surface area contributed by atoms with Crippen molar-refractivity contribution >= 4 is 28.1 Å². The first-order chi connectivity index (χ1) is 14.3. The van der Waals surface area contributed by atoms with Gasteiger partial charge in [-0.25, -0.2) is 9.50 Å². The highest BCUT2D eigenvalue weighted by molar-refractivity contribution is 5.86. The minimum Gasteiger partial charge on any atom is -0.456 e. The van der Waals surface area contributed by atoms with E-state index < -0.39 is 0 Å². The van der Waals surface area contributed by atoms with Crippen LogP contribution in [-0.2, 0) is 0 Å². The maximum atomic E-state index is 6.13. The Labute approximate surface area is 165 Å². The molecule has 29 heavy (non-hydrogen) atoms. The maximum Gasteiger partial charge on any atom is 0.231 e. The molecule has 0 unspecified atom stereocenters. The van der Waals surface area contributed by atoms with Crippen molar-refractivity contribution in [3.8, 4) is 22.8 Å². The number of para-hydroxylation sites is 1. The van der Waals surface area contributed by atoms with Crippen molar-refractivity contribution in [3.63, 3.8) is 0 Å². The van der Waals surface area contributed by atoms with Crippen LogP contribution in [0.1, 0.15) is 0 Å². The SMILES string of the molecule is CN(c1ccc2c(c1)OCO2)c1nc2ccnn2cc1-c1cc2ccccc2o1. The van der Waals surface area contributed by atoms with Crippen LogP contribution in [0, 0.1) is 0 Å². The van der Waals surface area contributed by atoms with Gasteiger partial charge in [0.25, 0.3) is 0 Å². The van der Waals surface area contributed by atoms with E-state index in [4.69, 9.17) is 18.9 Å². The molecule has 6 rings (SSSR count). The van der Waals surface area contributed by atoms with Crippen LogP contribution in [0.5, 0.6) is 11.5 Å². The first-order valence-corrected chi connectivity index (χ1v) is 9.23. The van der Waals surface area contributed by atoms with Crippen LogP contribution in [-0.4, -0.2) is 28.4 Å². The summed E-state index contributed by atoms with van der Waals surface area (Å²) in [6, 6.07) is 17.7. The predicted molar refractivity (Wildman–Crippen MR) is 109 cm³/mol. The minimum absolute atomic E-state index is 0.243. The van der Waals surface area contributed by atoms with Crippen molar-refractivity contribution in [1.82, 2.24) is 14.6 Å². The number of furan rings is 1. The Balaban J connectivity index is 1.54. The predicted octanol–water partition coefficient (Wildman–Crippen LogP) is 4.64. The number of nitrogens with zero attached hydrogens (tertiary/aromatic N) is 4. The summed E-state index contributed by atoms with van der Waals surface area (Å²) in [5.41, 5.74) is 3.37. The van der Waals surface area contributed by atoms with Gasteiger partial charge in [-0.2, -0.15) is 5.10 Å². The van der Waals surface area contributed by atoms with Gasteiger partial charge in [-0.05, 0) is 24.3 Å². The second kappa shape index (κ2) is 6.00. The molecule has 0 saturated heterocycles. The number of anilines is 2. The highest BCUT2D eigenvalue weighted by Crippen LogP contribution is 2.40. The van der Waals surface area contributed by atoms with E-state index in [0.717, 1.165) is 50.9 Å². The van der Waals surface area contributed by atoms with E-state index in [0.29, 0.717) is 0 Å². The highest BCUT2D eigenvalue weighted by Gasteiger charge is 2.21. The summed E-state index contributed by atoms with van der Waals surface area (Å²) in [4.78, 5) is 6.86. The van der Waals surface area contributed by atoms with Crippen LogP contribution in [0.25, 0.3) is 27.9 Å². The molecule has 5 aromatic rings. The standard InChI is InChI=1S/C22H16N4O3/c1-25(15-6-7-18-20(11-15)28-13-27-18)22-16(12-26-21(24-22)8-9-23-26)19-10-14-4-2-3-5-17(14)29-19/h2-12H,13H2,1H3. The summed E-state index contributed by atoms with van der Waals surface area (Å²) >= 11 is 0. The normalized spacial score (nSPS) is 12.7. The van der Waals surface area contributed by atoms with Crippen molar-refractivity contribution in [1.29, 1.82) is 0 Å². The van der Waals surface area contributed by atoms with Gasteiger partial charge in [-0.1, -0.05) is 18.2 Å². The van der Waals surface area contributed by atoms with E-state index in [1.54, 1.807) is 10.7 Å². The lowest BCUT2D eigenvalue weighted by Gasteiger charge is -2.21. The number of rotatable bonds is 3. The molecular formula is C22H16N4O3. The zero-order valence-corrected chi connectivity index (χ0v) is 15.6. The molecular weight excluding hydrogens is 368 g/mol. The fourth-order valence-corrected chi connectivity index (χ4v) is 3.60. The summed E-state index contributed by atoms with van der Waals surface area (Å²) < 4.78 is 18.8. The lowest BCUT2D eigenvalue weighted by Crippen LogP contribution is -2.13. The first-order valence-electron chi connectivity index (χ1n) is 9.23. The van der Waals surface area contributed by atoms with Gasteiger partial charge in [-0.15, -0.1) is 0 Å². The maximum absolute atomic E-state index is 6.13. The third-order valence-corrected chi connectivity index (χ3v) is 5.11. The first kappa shape index (κ1) is 16.0. The number of fused-ring (bicyclic) bond motifs is 3. The van der Waals surface area contributed by atoms with E-state index in [1.165, 1.54) is 0 Å². The summed E-state index contributed by atoms with van der Waals surface area (Å²) in [7, 11) is 1.97. The van der Waals surface area contributed by atoms with Crippen LogP contribution >= 0.6 is 0 Å². The van der Waals surface area contributed by atoms with Gasteiger partial charge in [0.05, 0.1) is 11.8 Å². The van der Waals surface area contributed by atoms with Crippen LogP contribution in [0.15, 0.2) is 71.4 Å². The number of aromatic nitrogens is 3. The number of ether oxygens (including phenoxy) is 2. The fraction of sp³-hybridized carbons (Fsp3) is 0.0909. The van der Waals surface area contributed by atoms with E-state index in [-0.39, 0.29) is 6.79 Å². The van der Waals surface area contributed by atoms with Crippen molar-refractivity contribution in [2.24, 2.45) is 0 Å². The summed E-state index contributed by atoms with van der Waals surface area (Å²) in [5.74, 6) is 2.97. The molecule has 1 aliphatic heterocycles. The average molecular weight is 384 g/mol. The molecule has 0 bridgehead atoms. The molecule has 0 atom stereocenters. The molecule has 0 radical (unpaired) electrons. The number of hydrogen-bond donors (Lipinski definition) is 0. The van der Waals surface area contributed by atoms with Gasteiger partial charge in [0.2, 0.25) is 6.79 Å². The molecule has 7 heteroatoms. The Morgan fingerprint density at radius 1 is 1.00 bits per heavy atom. The monoisotopic (exact) mass is 384 g/mol. The fourth-order valence-electron chi connectivity index (χ4n) is 3.60. The van der Waals surface area contributed by atoms with E-state index in [2.05, 4.69) is 5.10 Å². The molecule has 0 amide bonds. The highest BCUT2D eigenvalue weighted by atomic mass is 16.7. The van der Waals surface area contributed by atoms with Crippen molar-refractivity contribution in [2.75, 3.05) is 18.7 Å². The third kappa shape index (κ3) is 2.51. The topological polar surface area (TPSA) is 65.0 Å². The van der Waals surface area contributed by atoms with E-state index in [9.17, 15) is 0 Å². The van der Waals surface area contributed by atoms with Gasteiger partial charge in [-0.3, -0.25) is 0 Å². The van der Waals surface area contributed by atoms with Gasteiger partial charge in [0, 0.05) is 36.5 Å². The summed E-state index contributed by atoms with van der Waals surface area (Å²) in [6.45, 7) is 0.243. The molecule has 1 aliphatic rings. The van der Waals surface area contributed by atoms with E-state index in [1.807, 2.05) is 72.7 Å². The Bertz CT molecular complexity index is 1340. The smallest absolute Gasteiger partial charge is 0.231 e. The Morgan fingerprint density at radius 2 is 1.90 bits per heavy atom. The molecule has 0 N–H and O–H groups in total. The zero-order valence-electron chi connectivity index (χ0n) is 15.6. The second-order valence-corrected chi connectivity index (χ2v) is 6.86. The Hall–Kier alpha value is -4.00. The molecule has 4 heterocycles. The number of hydrogen-bond acceptors (Lipinski definition) is 6. The molecule has 7 nitrogen and oxygen atoms in total. The lowest BCUT2D eigenvalue weighted by atomic mass is 10.2. The second-order valence-electron chi connectivity index (χ2n) is 6.86. The summed E-state index contributed by atoms with van der Waals surface area (Å²) in [5, 5.41) is 5.38. The molecule has 0 aliphatic carbocycles. The van der Waals surface area contributed by atoms with Crippen molar-refractivity contribution < 1.29 is 13.9 Å². The largest absolute Gasteiger partial charge is 0.456 e. The van der Waals surface area contributed by atoms with Crippen LogP contribution in [0.3, 0.4) is 0 Å².